The third kappa shape index (κ3) is 4.57. The van der Waals surface area contributed by atoms with Gasteiger partial charge in [-0.1, -0.05) is 26.7 Å². The highest BCUT2D eigenvalue weighted by atomic mass is 16.5. The highest BCUT2D eigenvalue weighted by Crippen LogP contribution is 2.30. The SMILES string of the molecule is CCOC1(C(N)CCCC(C)C)CCOCC1. The van der Waals surface area contributed by atoms with Gasteiger partial charge < -0.3 is 15.2 Å². The molecule has 3 nitrogen and oxygen atoms in total. The number of nitrogens with two attached hydrogens (primary N) is 1. The maximum atomic E-state index is 6.38. The molecule has 1 fully saturated rings. The van der Waals surface area contributed by atoms with E-state index in [0.717, 1.165) is 45.0 Å². The van der Waals surface area contributed by atoms with Gasteiger partial charge in [0.25, 0.3) is 0 Å². The lowest BCUT2D eigenvalue weighted by atomic mass is 9.83. The van der Waals surface area contributed by atoms with Crippen LogP contribution in [0.1, 0.15) is 52.9 Å². The topological polar surface area (TPSA) is 44.5 Å². The van der Waals surface area contributed by atoms with E-state index in [-0.39, 0.29) is 11.6 Å². The quantitative estimate of drug-likeness (QED) is 0.747. The minimum atomic E-state index is -0.121. The average molecular weight is 243 g/mol. The zero-order chi connectivity index (χ0) is 12.7. The van der Waals surface area contributed by atoms with Crippen molar-refractivity contribution in [3.05, 3.63) is 0 Å². The number of hydrogen-bond acceptors (Lipinski definition) is 3. The first kappa shape index (κ1) is 14.9. The molecule has 0 spiro atoms. The Bertz CT molecular complexity index is 195. The van der Waals surface area contributed by atoms with Crippen LogP contribution in [-0.2, 0) is 9.47 Å². The third-order valence-corrected chi connectivity index (χ3v) is 3.74. The van der Waals surface area contributed by atoms with Crippen molar-refractivity contribution in [1.82, 2.24) is 0 Å². The van der Waals surface area contributed by atoms with E-state index >= 15 is 0 Å². The first-order valence-corrected chi connectivity index (χ1v) is 7.08. The molecule has 3 heteroatoms. The monoisotopic (exact) mass is 243 g/mol. The van der Waals surface area contributed by atoms with Crippen molar-refractivity contribution >= 4 is 0 Å². The Labute approximate surface area is 106 Å². The van der Waals surface area contributed by atoms with Gasteiger partial charge >= 0.3 is 0 Å². The van der Waals surface area contributed by atoms with E-state index in [2.05, 4.69) is 20.8 Å². The van der Waals surface area contributed by atoms with Crippen molar-refractivity contribution in [2.75, 3.05) is 19.8 Å². The molecule has 1 heterocycles. The van der Waals surface area contributed by atoms with Gasteiger partial charge in [-0.3, -0.25) is 0 Å². The summed E-state index contributed by atoms with van der Waals surface area (Å²) >= 11 is 0. The maximum absolute atomic E-state index is 6.38. The van der Waals surface area contributed by atoms with E-state index in [0.29, 0.717) is 0 Å². The van der Waals surface area contributed by atoms with Crippen LogP contribution in [0.15, 0.2) is 0 Å². The molecular weight excluding hydrogens is 214 g/mol. The van der Waals surface area contributed by atoms with Gasteiger partial charge in [0.2, 0.25) is 0 Å². The van der Waals surface area contributed by atoms with Crippen LogP contribution < -0.4 is 5.73 Å². The molecule has 1 aliphatic heterocycles. The first-order chi connectivity index (χ1) is 8.10. The van der Waals surface area contributed by atoms with Crippen molar-refractivity contribution in [2.24, 2.45) is 11.7 Å². The van der Waals surface area contributed by atoms with Crippen LogP contribution in [0.5, 0.6) is 0 Å². The number of ether oxygens (including phenoxy) is 2. The van der Waals surface area contributed by atoms with Crippen molar-refractivity contribution in [1.29, 1.82) is 0 Å². The second-order valence-electron chi connectivity index (χ2n) is 5.54. The molecular formula is C14H29NO2. The van der Waals surface area contributed by atoms with Crippen LogP contribution in [0.3, 0.4) is 0 Å². The molecule has 1 unspecified atom stereocenters. The maximum Gasteiger partial charge on any atom is 0.0876 e. The van der Waals surface area contributed by atoms with Crippen LogP contribution in [0, 0.1) is 5.92 Å². The largest absolute Gasteiger partial charge is 0.381 e. The zero-order valence-corrected chi connectivity index (χ0v) is 11.7. The Hall–Kier alpha value is -0.120. The smallest absolute Gasteiger partial charge is 0.0876 e. The van der Waals surface area contributed by atoms with Gasteiger partial charge in [-0.25, -0.2) is 0 Å². The molecule has 0 bridgehead atoms. The molecule has 0 aromatic carbocycles. The van der Waals surface area contributed by atoms with Gasteiger partial charge in [0.05, 0.1) is 5.60 Å². The van der Waals surface area contributed by atoms with Crippen LogP contribution in [0.4, 0.5) is 0 Å². The summed E-state index contributed by atoms with van der Waals surface area (Å²) in [4.78, 5) is 0. The minimum absolute atomic E-state index is 0.121. The average Bonchev–Trinajstić information content (AvgIpc) is 2.30. The summed E-state index contributed by atoms with van der Waals surface area (Å²) in [7, 11) is 0. The van der Waals surface area contributed by atoms with Gasteiger partial charge in [-0.15, -0.1) is 0 Å². The van der Waals surface area contributed by atoms with E-state index < -0.39 is 0 Å². The predicted molar refractivity (Wildman–Crippen MR) is 71.1 cm³/mol. The lowest BCUT2D eigenvalue weighted by molar-refractivity contribution is -0.122. The molecule has 1 saturated heterocycles. The molecule has 17 heavy (non-hydrogen) atoms. The van der Waals surface area contributed by atoms with E-state index in [4.69, 9.17) is 15.2 Å². The molecule has 1 rings (SSSR count). The van der Waals surface area contributed by atoms with Crippen molar-refractivity contribution in [2.45, 2.75) is 64.5 Å². The second kappa shape index (κ2) is 7.34. The Morgan fingerprint density at radius 3 is 2.41 bits per heavy atom. The third-order valence-electron chi connectivity index (χ3n) is 3.74. The Balaban J connectivity index is 2.44. The predicted octanol–water partition coefficient (Wildman–Crippen LogP) is 2.73. The molecule has 0 amide bonds. The molecule has 0 saturated carbocycles. The fraction of sp³-hybridized carbons (Fsp3) is 1.00. The van der Waals surface area contributed by atoms with Gasteiger partial charge in [-0.2, -0.15) is 0 Å². The Morgan fingerprint density at radius 2 is 1.88 bits per heavy atom. The Kier molecular flexibility index (Phi) is 6.45. The molecule has 2 N–H and O–H groups in total. The number of rotatable bonds is 7. The number of hydrogen-bond donors (Lipinski definition) is 1. The highest BCUT2D eigenvalue weighted by Gasteiger charge is 2.38. The van der Waals surface area contributed by atoms with Gasteiger partial charge in [0.15, 0.2) is 0 Å². The summed E-state index contributed by atoms with van der Waals surface area (Å²) in [5.41, 5.74) is 6.25. The summed E-state index contributed by atoms with van der Waals surface area (Å²) < 4.78 is 11.4. The summed E-state index contributed by atoms with van der Waals surface area (Å²) in [6.45, 7) is 8.91. The zero-order valence-electron chi connectivity index (χ0n) is 11.7. The van der Waals surface area contributed by atoms with Gasteiger partial charge in [-0.05, 0) is 19.3 Å². The lowest BCUT2D eigenvalue weighted by Crippen LogP contribution is -2.53. The molecule has 0 aromatic heterocycles. The highest BCUT2D eigenvalue weighted by molar-refractivity contribution is 4.93. The minimum Gasteiger partial charge on any atom is -0.381 e. The molecule has 0 radical (unpaired) electrons. The van der Waals surface area contributed by atoms with Crippen LogP contribution in [0.2, 0.25) is 0 Å². The van der Waals surface area contributed by atoms with E-state index in [1.807, 2.05) is 0 Å². The van der Waals surface area contributed by atoms with Crippen molar-refractivity contribution in [3.8, 4) is 0 Å². The molecule has 0 aromatic rings. The lowest BCUT2D eigenvalue weighted by Gasteiger charge is -2.41. The fourth-order valence-electron chi connectivity index (χ4n) is 2.64. The molecule has 1 aliphatic rings. The van der Waals surface area contributed by atoms with Gasteiger partial charge in [0, 0.05) is 38.7 Å². The standard InChI is InChI=1S/C14H29NO2/c1-4-17-14(8-10-16-11-9-14)13(15)7-5-6-12(2)3/h12-13H,4-11,15H2,1-3H3. The van der Waals surface area contributed by atoms with E-state index in [9.17, 15) is 0 Å². The fourth-order valence-corrected chi connectivity index (χ4v) is 2.64. The Morgan fingerprint density at radius 1 is 1.24 bits per heavy atom. The molecule has 0 aliphatic carbocycles. The summed E-state index contributed by atoms with van der Waals surface area (Å²) in [6.07, 6.45) is 5.42. The molecule has 102 valence electrons. The first-order valence-electron chi connectivity index (χ1n) is 7.08. The normalized spacial score (nSPS) is 21.7. The van der Waals surface area contributed by atoms with Crippen molar-refractivity contribution < 1.29 is 9.47 Å². The van der Waals surface area contributed by atoms with Crippen molar-refractivity contribution in [3.63, 3.8) is 0 Å². The van der Waals surface area contributed by atoms with Crippen LogP contribution >= 0.6 is 0 Å². The van der Waals surface area contributed by atoms with E-state index in [1.54, 1.807) is 0 Å². The van der Waals surface area contributed by atoms with Crippen LogP contribution in [-0.4, -0.2) is 31.5 Å². The van der Waals surface area contributed by atoms with Gasteiger partial charge in [0.1, 0.15) is 0 Å². The summed E-state index contributed by atoms with van der Waals surface area (Å²) in [5, 5.41) is 0. The summed E-state index contributed by atoms with van der Waals surface area (Å²) in [6, 6.07) is 0.157. The molecule has 1 atom stereocenters. The summed E-state index contributed by atoms with van der Waals surface area (Å²) in [5.74, 6) is 0.764. The van der Waals surface area contributed by atoms with Crippen LogP contribution in [0.25, 0.3) is 0 Å². The second-order valence-corrected chi connectivity index (χ2v) is 5.54. The van der Waals surface area contributed by atoms with E-state index in [1.165, 1.54) is 12.8 Å².